The number of nitrogens with one attached hydrogen (secondary N) is 1. The highest BCUT2D eigenvalue weighted by molar-refractivity contribution is 7.92. The zero-order valence-electron chi connectivity index (χ0n) is 28.1. The molecule has 3 heterocycles. The SMILES string of the molecule is Cc1cccc(C)c1-c1cc2nc(n1)NS(=O)(=O)c1cccc(c1)C(=O)N(Cc1ncc(OC(C)C)cn1)[C@H](CC(C)(C)C)[C@H](C)O2. The van der Waals surface area contributed by atoms with Crippen LogP contribution >= 0.6 is 0 Å². The Morgan fingerprint density at radius 3 is 2.30 bits per heavy atom. The lowest BCUT2D eigenvalue weighted by molar-refractivity contribution is 0.0310. The van der Waals surface area contributed by atoms with Crippen molar-refractivity contribution in [2.75, 3.05) is 4.72 Å². The second kappa shape index (κ2) is 13.3. The lowest BCUT2D eigenvalue weighted by Crippen LogP contribution is -2.49. The molecular formula is C35H42N6O5S. The first-order valence-electron chi connectivity index (χ1n) is 15.6. The number of fused-ring (bicyclic) bond motifs is 4. The normalized spacial score (nSPS) is 18.0. The van der Waals surface area contributed by atoms with Crippen molar-refractivity contribution in [2.45, 2.75) is 91.5 Å². The maximum Gasteiger partial charge on any atom is 0.264 e. The number of hydrogen-bond acceptors (Lipinski definition) is 9. The maximum atomic E-state index is 14.4. The van der Waals surface area contributed by atoms with Crippen LogP contribution in [0.2, 0.25) is 0 Å². The van der Waals surface area contributed by atoms with Gasteiger partial charge in [0.1, 0.15) is 11.9 Å². The minimum absolute atomic E-state index is 0.0464. The summed E-state index contributed by atoms with van der Waals surface area (Å²) < 4.78 is 42.1. The van der Waals surface area contributed by atoms with Gasteiger partial charge < -0.3 is 14.4 Å². The van der Waals surface area contributed by atoms with Crippen LogP contribution in [0.4, 0.5) is 5.95 Å². The molecule has 4 aromatic rings. The molecule has 0 saturated heterocycles. The van der Waals surface area contributed by atoms with E-state index < -0.39 is 22.2 Å². The number of carbonyl (C=O) groups excluding carboxylic acids is 1. The van der Waals surface area contributed by atoms with Gasteiger partial charge in [-0.25, -0.2) is 28.1 Å². The highest BCUT2D eigenvalue weighted by atomic mass is 32.2. The van der Waals surface area contributed by atoms with Crippen molar-refractivity contribution in [1.29, 1.82) is 0 Å². The summed E-state index contributed by atoms with van der Waals surface area (Å²) in [6, 6.07) is 13.1. The topological polar surface area (TPSA) is 136 Å². The molecule has 1 N–H and O–H groups in total. The third-order valence-corrected chi connectivity index (χ3v) is 9.08. The summed E-state index contributed by atoms with van der Waals surface area (Å²) in [6.45, 7) is 16.0. The number of anilines is 1. The molecule has 0 aliphatic carbocycles. The van der Waals surface area contributed by atoms with Crippen molar-refractivity contribution in [3.05, 3.63) is 83.4 Å². The molecule has 2 aromatic carbocycles. The third kappa shape index (κ3) is 8.05. The number of ether oxygens (including phenoxy) is 2. The lowest BCUT2D eigenvalue weighted by Gasteiger charge is -2.38. The number of hydrogen-bond donors (Lipinski definition) is 1. The molecule has 0 radical (unpaired) electrons. The standard InChI is InChI=1S/C35H42N6O5S/c1-21(2)45-26-18-36-30(37-19-26)20-41-29(17-35(6,7)8)24(5)46-31-16-28(32-22(3)11-9-12-23(32)4)38-34(39-31)40-47(43,44)27-14-10-13-25(15-27)33(41)42/h9-16,18-19,21,24,29H,17,20H2,1-8H3,(H,38,39,40)/t24-,29+/m0/s1. The van der Waals surface area contributed by atoms with Gasteiger partial charge in [0.15, 0.2) is 5.75 Å². The molecule has 0 saturated carbocycles. The van der Waals surface area contributed by atoms with Crippen molar-refractivity contribution in [2.24, 2.45) is 5.41 Å². The minimum atomic E-state index is -4.19. The highest BCUT2D eigenvalue weighted by Gasteiger charge is 2.36. The monoisotopic (exact) mass is 658 g/mol. The first kappa shape index (κ1) is 33.8. The van der Waals surface area contributed by atoms with Crippen LogP contribution in [-0.4, -0.2) is 57.4 Å². The molecular weight excluding hydrogens is 616 g/mol. The highest BCUT2D eigenvalue weighted by Crippen LogP contribution is 2.33. The van der Waals surface area contributed by atoms with Gasteiger partial charge in [0.25, 0.3) is 15.9 Å². The fraction of sp³-hybridized carbons (Fsp3) is 0.400. The van der Waals surface area contributed by atoms with Crippen LogP contribution in [0, 0.1) is 19.3 Å². The zero-order chi connectivity index (χ0) is 34.1. The van der Waals surface area contributed by atoms with E-state index in [2.05, 4.69) is 45.4 Å². The van der Waals surface area contributed by atoms with Gasteiger partial charge in [-0.05, 0) is 75.8 Å². The van der Waals surface area contributed by atoms with E-state index in [1.807, 2.05) is 52.8 Å². The molecule has 4 bridgehead atoms. The van der Waals surface area contributed by atoms with E-state index in [0.29, 0.717) is 23.7 Å². The van der Waals surface area contributed by atoms with E-state index in [1.54, 1.807) is 35.5 Å². The average molecular weight is 659 g/mol. The molecule has 2 aromatic heterocycles. The number of sulfonamides is 1. The molecule has 5 rings (SSSR count). The number of carbonyl (C=O) groups is 1. The molecule has 1 aliphatic heterocycles. The van der Waals surface area contributed by atoms with Crippen LogP contribution in [0.25, 0.3) is 11.3 Å². The van der Waals surface area contributed by atoms with Crippen LogP contribution in [0.1, 0.15) is 75.3 Å². The second-order valence-electron chi connectivity index (χ2n) is 13.4. The third-order valence-electron chi connectivity index (χ3n) is 7.75. The zero-order valence-corrected chi connectivity index (χ0v) is 28.9. The quantitative estimate of drug-likeness (QED) is 0.251. The first-order valence-corrected chi connectivity index (χ1v) is 17.1. The van der Waals surface area contributed by atoms with E-state index in [1.165, 1.54) is 12.1 Å². The number of rotatable bonds is 6. The number of amides is 1. The largest absolute Gasteiger partial charge is 0.488 e. The Morgan fingerprint density at radius 2 is 1.66 bits per heavy atom. The van der Waals surface area contributed by atoms with E-state index in [-0.39, 0.29) is 46.3 Å². The van der Waals surface area contributed by atoms with Crippen molar-refractivity contribution >= 4 is 21.9 Å². The van der Waals surface area contributed by atoms with Gasteiger partial charge in [-0.15, -0.1) is 0 Å². The van der Waals surface area contributed by atoms with Crippen LogP contribution in [-0.2, 0) is 16.6 Å². The number of aromatic nitrogens is 4. The average Bonchev–Trinajstić information content (AvgIpc) is 2.98. The van der Waals surface area contributed by atoms with Gasteiger partial charge in [-0.2, -0.15) is 4.98 Å². The van der Waals surface area contributed by atoms with Gasteiger partial charge in [-0.3, -0.25) is 4.79 Å². The van der Waals surface area contributed by atoms with Crippen LogP contribution in [0.5, 0.6) is 11.6 Å². The molecule has 0 spiro atoms. The van der Waals surface area contributed by atoms with Gasteiger partial charge in [-0.1, -0.05) is 45.0 Å². The van der Waals surface area contributed by atoms with Gasteiger partial charge in [0.05, 0.1) is 41.7 Å². The van der Waals surface area contributed by atoms with E-state index >= 15 is 0 Å². The summed E-state index contributed by atoms with van der Waals surface area (Å²) in [5.74, 6) is 0.576. The number of nitrogens with zero attached hydrogens (tertiary/aromatic N) is 5. The molecule has 2 atom stereocenters. The number of aryl methyl sites for hydroxylation is 2. The van der Waals surface area contributed by atoms with E-state index in [0.717, 1.165) is 16.7 Å². The Bertz CT molecular complexity index is 1850. The van der Waals surface area contributed by atoms with E-state index in [4.69, 9.17) is 9.47 Å². The fourth-order valence-corrected chi connectivity index (χ4v) is 6.68. The van der Waals surface area contributed by atoms with Gasteiger partial charge >= 0.3 is 0 Å². The summed E-state index contributed by atoms with van der Waals surface area (Å²) in [4.78, 5) is 34.1. The Kier molecular flexibility index (Phi) is 9.53. The predicted octanol–water partition coefficient (Wildman–Crippen LogP) is 6.37. The molecule has 11 nitrogen and oxygen atoms in total. The van der Waals surface area contributed by atoms with Crippen molar-refractivity contribution in [3.8, 4) is 22.9 Å². The van der Waals surface area contributed by atoms with Crippen molar-refractivity contribution in [1.82, 2.24) is 24.8 Å². The van der Waals surface area contributed by atoms with Crippen LogP contribution < -0.4 is 14.2 Å². The lowest BCUT2D eigenvalue weighted by atomic mass is 9.85. The van der Waals surface area contributed by atoms with Crippen molar-refractivity contribution < 1.29 is 22.7 Å². The molecule has 0 fully saturated rings. The predicted molar refractivity (Wildman–Crippen MR) is 180 cm³/mol. The summed E-state index contributed by atoms with van der Waals surface area (Å²) in [6.07, 6.45) is 3.09. The summed E-state index contributed by atoms with van der Waals surface area (Å²) in [7, 11) is -4.19. The summed E-state index contributed by atoms with van der Waals surface area (Å²) in [5.41, 5.74) is 3.27. The molecule has 248 valence electrons. The number of benzene rings is 2. The summed E-state index contributed by atoms with van der Waals surface area (Å²) >= 11 is 0. The maximum absolute atomic E-state index is 14.4. The Balaban J connectivity index is 1.67. The van der Waals surface area contributed by atoms with Gasteiger partial charge in [0.2, 0.25) is 11.8 Å². The first-order chi connectivity index (χ1) is 22.1. The van der Waals surface area contributed by atoms with Gasteiger partial charge in [0, 0.05) is 17.2 Å². The smallest absolute Gasteiger partial charge is 0.264 e. The Hall–Kier alpha value is -4.58. The molecule has 1 aliphatic rings. The Morgan fingerprint density at radius 1 is 1.00 bits per heavy atom. The van der Waals surface area contributed by atoms with E-state index in [9.17, 15) is 13.2 Å². The second-order valence-corrected chi connectivity index (χ2v) is 15.1. The molecule has 47 heavy (non-hydrogen) atoms. The van der Waals surface area contributed by atoms with Crippen LogP contribution in [0.3, 0.4) is 0 Å². The molecule has 1 amide bonds. The minimum Gasteiger partial charge on any atom is -0.488 e. The Labute approximate surface area is 276 Å². The van der Waals surface area contributed by atoms with Crippen molar-refractivity contribution in [3.63, 3.8) is 0 Å². The molecule has 0 unspecified atom stereocenters. The summed E-state index contributed by atoms with van der Waals surface area (Å²) in [5, 5.41) is 0. The molecule has 12 heteroatoms. The van der Waals surface area contributed by atoms with Crippen LogP contribution in [0.15, 0.2) is 65.8 Å². The fourth-order valence-electron chi connectivity index (χ4n) is 5.69.